The van der Waals surface area contributed by atoms with E-state index in [4.69, 9.17) is 4.98 Å². The van der Waals surface area contributed by atoms with Gasteiger partial charge in [0.25, 0.3) is 5.91 Å². The van der Waals surface area contributed by atoms with Crippen molar-refractivity contribution in [2.24, 2.45) is 0 Å². The lowest BCUT2D eigenvalue weighted by atomic mass is 10.0. The lowest BCUT2D eigenvalue weighted by Gasteiger charge is -2.16. The van der Waals surface area contributed by atoms with Gasteiger partial charge in [0.2, 0.25) is 10.0 Å². The molecule has 0 fully saturated rings. The maximum absolute atomic E-state index is 12.8. The Morgan fingerprint density at radius 1 is 1.12 bits per heavy atom. The molecule has 0 saturated carbocycles. The largest absolute Gasteiger partial charge is 0.298 e. The molecule has 1 heterocycles. The van der Waals surface area contributed by atoms with Crippen LogP contribution in [0.3, 0.4) is 0 Å². The van der Waals surface area contributed by atoms with Crippen LogP contribution in [0.15, 0.2) is 53.4 Å². The van der Waals surface area contributed by atoms with Gasteiger partial charge in [-0.05, 0) is 66.1 Å². The number of nitrogens with zero attached hydrogens (tertiary/aromatic N) is 2. The molecule has 6 nitrogen and oxygen atoms in total. The smallest absolute Gasteiger partial charge is 0.257 e. The Kier molecular flexibility index (Phi) is 5.68. The van der Waals surface area contributed by atoms with E-state index in [0.29, 0.717) is 17.2 Å². The number of hydrogen-bond acceptors (Lipinski definition) is 5. The van der Waals surface area contributed by atoms with Crippen LogP contribution >= 0.6 is 11.3 Å². The summed E-state index contributed by atoms with van der Waals surface area (Å²) in [6.45, 7) is 2.49. The molecule has 8 heteroatoms. The van der Waals surface area contributed by atoms with Crippen LogP contribution in [0.5, 0.6) is 0 Å². The molecule has 170 valence electrons. The first-order chi connectivity index (χ1) is 15.9. The van der Waals surface area contributed by atoms with Gasteiger partial charge in [-0.25, -0.2) is 17.7 Å². The van der Waals surface area contributed by atoms with Gasteiger partial charge in [0.05, 0.1) is 15.1 Å². The first kappa shape index (κ1) is 22.0. The topological polar surface area (TPSA) is 79.4 Å². The highest BCUT2D eigenvalue weighted by Crippen LogP contribution is 2.39. The van der Waals surface area contributed by atoms with Crippen molar-refractivity contribution >= 4 is 53.4 Å². The minimum Gasteiger partial charge on any atom is -0.298 e. The predicted molar refractivity (Wildman–Crippen MR) is 134 cm³/mol. The van der Waals surface area contributed by atoms with Crippen LogP contribution in [0.2, 0.25) is 0 Å². The Balaban J connectivity index is 1.38. The number of carbonyl (C=O) groups is 1. The second kappa shape index (κ2) is 8.52. The molecule has 0 saturated heterocycles. The van der Waals surface area contributed by atoms with Gasteiger partial charge < -0.3 is 0 Å². The molecule has 1 aromatic heterocycles. The molecule has 5 rings (SSSR count). The number of hydrogen-bond donors (Lipinski definition) is 1. The summed E-state index contributed by atoms with van der Waals surface area (Å²) in [6, 6.07) is 14.6. The third-order valence-electron chi connectivity index (χ3n) is 6.22. The average molecular weight is 480 g/mol. The molecule has 1 amide bonds. The number of anilines is 1. The van der Waals surface area contributed by atoms with Crippen LogP contribution in [-0.4, -0.2) is 37.2 Å². The fourth-order valence-electron chi connectivity index (χ4n) is 4.39. The summed E-state index contributed by atoms with van der Waals surface area (Å²) in [5.74, 6) is -0.311. The number of benzene rings is 3. The summed E-state index contributed by atoms with van der Waals surface area (Å²) in [5, 5.41) is 5.85. The molecular formula is C25H25N3O3S2. The zero-order valence-electron chi connectivity index (χ0n) is 18.6. The van der Waals surface area contributed by atoms with Gasteiger partial charge in [0.15, 0.2) is 5.13 Å². The van der Waals surface area contributed by atoms with E-state index in [2.05, 4.69) is 29.6 Å². The normalized spacial score (nSPS) is 13.3. The van der Waals surface area contributed by atoms with E-state index >= 15 is 0 Å². The summed E-state index contributed by atoms with van der Waals surface area (Å²) in [6.07, 6.45) is 3.82. The molecule has 3 aromatic carbocycles. The van der Waals surface area contributed by atoms with Crippen molar-refractivity contribution in [3.63, 3.8) is 0 Å². The molecule has 1 N–H and O–H groups in total. The second-order valence-electron chi connectivity index (χ2n) is 8.40. The first-order valence-electron chi connectivity index (χ1n) is 11.1. The second-order valence-corrected chi connectivity index (χ2v) is 11.5. The van der Waals surface area contributed by atoms with Gasteiger partial charge in [-0.2, -0.15) is 0 Å². The number of thiazole rings is 1. The monoisotopic (exact) mass is 479 g/mol. The number of aromatic nitrogens is 1. The van der Waals surface area contributed by atoms with E-state index in [1.54, 1.807) is 19.2 Å². The number of amides is 1. The fraction of sp³-hybridized carbons (Fsp3) is 0.280. The minimum absolute atomic E-state index is 0.182. The zero-order valence-corrected chi connectivity index (χ0v) is 20.2. The summed E-state index contributed by atoms with van der Waals surface area (Å²) in [4.78, 5) is 17.7. The van der Waals surface area contributed by atoms with Gasteiger partial charge in [0.1, 0.15) is 0 Å². The lowest BCUT2D eigenvalue weighted by Crippen LogP contribution is -2.28. The number of carbonyl (C=O) groups excluding carboxylic acids is 1. The Bertz CT molecular complexity index is 1470. The van der Waals surface area contributed by atoms with Crippen LogP contribution < -0.4 is 5.32 Å². The van der Waals surface area contributed by atoms with Gasteiger partial charge in [0, 0.05) is 24.5 Å². The Labute approximate surface area is 197 Å². The third kappa shape index (κ3) is 3.92. The molecule has 1 aliphatic rings. The molecule has 0 aliphatic heterocycles. The first-order valence-corrected chi connectivity index (χ1v) is 13.4. The van der Waals surface area contributed by atoms with E-state index in [9.17, 15) is 13.2 Å². The van der Waals surface area contributed by atoms with Crippen LogP contribution in [0.25, 0.3) is 21.0 Å². The highest BCUT2D eigenvalue weighted by Gasteiger charge is 2.22. The van der Waals surface area contributed by atoms with Crippen molar-refractivity contribution in [1.29, 1.82) is 0 Å². The summed E-state index contributed by atoms with van der Waals surface area (Å²) < 4.78 is 27.8. The summed E-state index contributed by atoms with van der Waals surface area (Å²) in [5.41, 5.74) is 4.00. The van der Waals surface area contributed by atoms with Crippen LogP contribution in [0.4, 0.5) is 5.13 Å². The Hall–Kier alpha value is -2.81. The molecule has 0 bridgehead atoms. The van der Waals surface area contributed by atoms with Crippen molar-refractivity contribution in [3.05, 3.63) is 65.2 Å². The van der Waals surface area contributed by atoms with E-state index in [0.717, 1.165) is 41.3 Å². The van der Waals surface area contributed by atoms with E-state index in [1.165, 1.54) is 44.3 Å². The Morgan fingerprint density at radius 3 is 2.64 bits per heavy atom. The zero-order chi connectivity index (χ0) is 23.2. The number of nitrogens with one attached hydrogen (secondary N) is 1. The van der Waals surface area contributed by atoms with Gasteiger partial charge in [-0.15, -0.1) is 0 Å². The predicted octanol–water partition coefficient (Wildman–Crippen LogP) is 5.22. The van der Waals surface area contributed by atoms with Crippen LogP contribution in [-0.2, 0) is 22.9 Å². The van der Waals surface area contributed by atoms with Crippen molar-refractivity contribution in [3.8, 4) is 0 Å². The molecular weight excluding hydrogens is 454 g/mol. The van der Waals surface area contributed by atoms with Crippen molar-refractivity contribution in [2.45, 2.75) is 37.5 Å². The third-order valence-corrected chi connectivity index (χ3v) is 9.01. The van der Waals surface area contributed by atoms with Gasteiger partial charge in [-0.3, -0.25) is 10.1 Å². The Morgan fingerprint density at radius 2 is 1.88 bits per heavy atom. The minimum atomic E-state index is -3.56. The van der Waals surface area contributed by atoms with E-state index in [-0.39, 0.29) is 10.8 Å². The van der Waals surface area contributed by atoms with Gasteiger partial charge in [-0.1, -0.05) is 42.9 Å². The summed E-state index contributed by atoms with van der Waals surface area (Å²) in [7, 11) is -1.98. The molecule has 0 unspecified atom stereocenters. The number of aryl methyl sites for hydroxylation is 2. The van der Waals surface area contributed by atoms with Crippen LogP contribution in [0.1, 0.15) is 41.3 Å². The van der Waals surface area contributed by atoms with Crippen molar-refractivity contribution < 1.29 is 13.2 Å². The maximum atomic E-state index is 12.8. The quantitative estimate of drug-likeness (QED) is 0.394. The molecule has 4 aromatic rings. The molecule has 1 aliphatic carbocycles. The number of rotatable bonds is 7. The van der Waals surface area contributed by atoms with Gasteiger partial charge >= 0.3 is 0 Å². The van der Waals surface area contributed by atoms with Crippen LogP contribution in [0, 0.1) is 0 Å². The molecule has 33 heavy (non-hydrogen) atoms. The molecule has 0 radical (unpaired) electrons. The fourth-order valence-corrected chi connectivity index (χ4v) is 6.54. The SMILES string of the molecule is CCCCN(C)S(=O)(=O)c1ccc(C(=O)Nc2nc3c(cc4c5c(cccc53)CC4)s2)cc1. The molecule has 0 atom stereocenters. The average Bonchev–Trinajstić information content (AvgIpc) is 3.42. The number of sulfonamides is 1. The van der Waals surface area contributed by atoms with E-state index in [1.807, 2.05) is 6.92 Å². The highest BCUT2D eigenvalue weighted by molar-refractivity contribution is 7.89. The standard InChI is InChI=1S/C25H25N3O3S2/c1-3-4-14-28(2)33(30,31)19-12-10-17(11-13-19)24(29)27-25-26-23-20-7-5-6-16-8-9-18(22(16)20)15-21(23)32-25/h5-7,10-13,15H,3-4,8-9,14H2,1-2H3,(H,26,27,29). The van der Waals surface area contributed by atoms with Crippen molar-refractivity contribution in [2.75, 3.05) is 18.9 Å². The van der Waals surface area contributed by atoms with E-state index < -0.39 is 10.0 Å². The summed E-state index contributed by atoms with van der Waals surface area (Å²) >= 11 is 1.46. The van der Waals surface area contributed by atoms with Crippen molar-refractivity contribution in [1.82, 2.24) is 9.29 Å². The molecule has 0 spiro atoms. The lowest BCUT2D eigenvalue weighted by molar-refractivity contribution is 0.102. The highest BCUT2D eigenvalue weighted by atomic mass is 32.2. The number of fused-ring (bicyclic) bond motifs is 2. The number of unbranched alkanes of at least 4 members (excludes halogenated alkanes) is 1. The maximum Gasteiger partial charge on any atom is 0.257 e.